The highest BCUT2D eigenvalue weighted by Gasteiger charge is 2.29. The zero-order valence-electron chi connectivity index (χ0n) is 13.3. The van der Waals surface area contributed by atoms with E-state index in [2.05, 4.69) is 42.6 Å². The molecule has 0 spiro atoms. The fraction of sp³-hybridized carbons (Fsp3) is 0.684. The van der Waals surface area contributed by atoms with Gasteiger partial charge in [-0.05, 0) is 62.3 Å². The van der Waals surface area contributed by atoms with Gasteiger partial charge < -0.3 is 11.1 Å². The molecule has 1 aromatic carbocycles. The lowest BCUT2D eigenvalue weighted by molar-refractivity contribution is 0.230. The van der Waals surface area contributed by atoms with Crippen LogP contribution in [0.4, 0.5) is 0 Å². The molecule has 2 aliphatic carbocycles. The minimum absolute atomic E-state index is 0.449. The molecule has 0 radical (unpaired) electrons. The van der Waals surface area contributed by atoms with Crippen molar-refractivity contribution < 1.29 is 0 Å². The molecule has 2 aliphatic rings. The number of nitrogens with one attached hydrogen (secondary N) is 1. The fourth-order valence-corrected chi connectivity index (χ4v) is 4.36. The van der Waals surface area contributed by atoms with E-state index < -0.39 is 0 Å². The smallest absolute Gasteiger partial charge is 0.00780 e. The van der Waals surface area contributed by atoms with Crippen LogP contribution < -0.4 is 11.1 Å². The molecule has 2 heteroatoms. The van der Waals surface area contributed by atoms with E-state index >= 15 is 0 Å². The molecule has 2 nitrogen and oxygen atoms in total. The quantitative estimate of drug-likeness (QED) is 0.886. The lowest BCUT2D eigenvalue weighted by Crippen LogP contribution is -2.45. The zero-order chi connectivity index (χ0) is 14.7. The maximum atomic E-state index is 6.02. The minimum Gasteiger partial charge on any atom is -0.328 e. The lowest BCUT2D eigenvalue weighted by atomic mass is 9.76. The van der Waals surface area contributed by atoms with Gasteiger partial charge in [-0.25, -0.2) is 0 Å². The maximum absolute atomic E-state index is 6.02. The van der Waals surface area contributed by atoms with Crippen LogP contribution in [0.15, 0.2) is 30.3 Å². The molecule has 0 bridgehead atoms. The standard InChI is InChI=1S/C19H30N2/c1-14-11-16(15-5-3-2-4-6-15)13-19(12-14)21-18-9-7-17(20)8-10-18/h2-6,14,16-19,21H,7-13,20H2,1H3. The highest BCUT2D eigenvalue weighted by Crippen LogP contribution is 2.36. The van der Waals surface area contributed by atoms with Crippen LogP contribution in [0, 0.1) is 5.92 Å². The van der Waals surface area contributed by atoms with E-state index in [0.717, 1.165) is 11.8 Å². The first kappa shape index (κ1) is 15.1. The zero-order valence-corrected chi connectivity index (χ0v) is 13.3. The van der Waals surface area contributed by atoms with Crippen LogP contribution in [0.1, 0.15) is 63.4 Å². The Hall–Kier alpha value is -0.860. The van der Waals surface area contributed by atoms with Crippen molar-refractivity contribution in [2.75, 3.05) is 0 Å². The van der Waals surface area contributed by atoms with E-state index in [9.17, 15) is 0 Å². The third-order valence-corrected chi connectivity index (χ3v) is 5.46. The van der Waals surface area contributed by atoms with Crippen LogP contribution in [-0.2, 0) is 0 Å². The van der Waals surface area contributed by atoms with Gasteiger partial charge in [0.2, 0.25) is 0 Å². The van der Waals surface area contributed by atoms with E-state index in [1.165, 1.54) is 50.5 Å². The summed E-state index contributed by atoms with van der Waals surface area (Å²) in [5.74, 6) is 1.56. The number of hydrogen-bond donors (Lipinski definition) is 2. The van der Waals surface area contributed by atoms with E-state index in [0.29, 0.717) is 18.1 Å². The molecule has 0 aromatic heterocycles. The Morgan fingerprint density at radius 2 is 1.62 bits per heavy atom. The normalized spacial score (nSPS) is 37.3. The molecule has 0 aliphatic heterocycles. The van der Waals surface area contributed by atoms with Crippen molar-refractivity contribution in [1.82, 2.24) is 5.32 Å². The molecule has 1 aromatic rings. The molecular weight excluding hydrogens is 256 g/mol. The summed E-state index contributed by atoms with van der Waals surface area (Å²) in [6.45, 7) is 2.42. The molecule has 3 N–H and O–H groups in total. The van der Waals surface area contributed by atoms with Crippen LogP contribution in [-0.4, -0.2) is 18.1 Å². The first-order valence-corrected chi connectivity index (χ1v) is 8.77. The molecule has 3 atom stereocenters. The Balaban J connectivity index is 1.58. The van der Waals surface area contributed by atoms with Gasteiger partial charge in [0.05, 0.1) is 0 Å². The summed E-state index contributed by atoms with van der Waals surface area (Å²) in [6, 6.07) is 12.9. The Labute approximate surface area is 129 Å². The van der Waals surface area contributed by atoms with Crippen LogP contribution in [0.5, 0.6) is 0 Å². The topological polar surface area (TPSA) is 38.0 Å². The second kappa shape index (κ2) is 6.93. The molecule has 2 fully saturated rings. The van der Waals surface area contributed by atoms with Crippen molar-refractivity contribution in [1.29, 1.82) is 0 Å². The summed E-state index contributed by atoms with van der Waals surface area (Å²) in [7, 11) is 0. The Bertz CT molecular complexity index is 422. The van der Waals surface area contributed by atoms with Crippen molar-refractivity contribution in [3.05, 3.63) is 35.9 Å². The first-order valence-electron chi connectivity index (χ1n) is 8.77. The number of rotatable bonds is 3. The highest BCUT2D eigenvalue weighted by atomic mass is 15.0. The summed E-state index contributed by atoms with van der Waals surface area (Å²) >= 11 is 0. The van der Waals surface area contributed by atoms with Crippen molar-refractivity contribution in [3.63, 3.8) is 0 Å². The number of hydrogen-bond acceptors (Lipinski definition) is 2. The predicted molar refractivity (Wildman–Crippen MR) is 89.4 cm³/mol. The van der Waals surface area contributed by atoms with Crippen molar-refractivity contribution in [3.8, 4) is 0 Å². The summed E-state index contributed by atoms with van der Waals surface area (Å²) < 4.78 is 0. The Morgan fingerprint density at radius 3 is 2.33 bits per heavy atom. The number of nitrogens with two attached hydrogens (primary N) is 1. The third kappa shape index (κ3) is 4.08. The Kier molecular flexibility index (Phi) is 4.97. The predicted octanol–water partition coefficient (Wildman–Crippen LogP) is 3.82. The second-order valence-electron chi connectivity index (χ2n) is 7.40. The fourth-order valence-electron chi connectivity index (χ4n) is 4.36. The average Bonchev–Trinajstić information content (AvgIpc) is 2.50. The summed E-state index contributed by atoms with van der Waals surface area (Å²) in [5, 5.41) is 3.95. The maximum Gasteiger partial charge on any atom is 0.00780 e. The van der Waals surface area contributed by atoms with E-state index in [1.807, 2.05) is 0 Å². The minimum atomic E-state index is 0.449. The summed E-state index contributed by atoms with van der Waals surface area (Å²) in [5.41, 5.74) is 7.55. The van der Waals surface area contributed by atoms with Gasteiger partial charge >= 0.3 is 0 Å². The molecule has 2 saturated carbocycles. The molecule has 3 unspecified atom stereocenters. The van der Waals surface area contributed by atoms with E-state index in [-0.39, 0.29) is 0 Å². The van der Waals surface area contributed by atoms with Gasteiger partial charge in [0, 0.05) is 18.1 Å². The molecule has 3 rings (SSSR count). The highest BCUT2D eigenvalue weighted by molar-refractivity contribution is 5.20. The molecule has 0 amide bonds. The summed E-state index contributed by atoms with van der Waals surface area (Å²) in [4.78, 5) is 0. The van der Waals surface area contributed by atoms with Crippen LogP contribution in [0.2, 0.25) is 0 Å². The lowest BCUT2D eigenvalue weighted by Gasteiger charge is -2.38. The van der Waals surface area contributed by atoms with Gasteiger partial charge in [-0.15, -0.1) is 0 Å². The average molecular weight is 286 g/mol. The second-order valence-corrected chi connectivity index (χ2v) is 7.40. The van der Waals surface area contributed by atoms with Crippen molar-refractivity contribution >= 4 is 0 Å². The molecule has 116 valence electrons. The van der Waals surface area contributed by atoms with E-state index in [1.54, 1.807) is 0 Å². The largest absolute Gasteiger partial charge is 0.328 e. The Morgan fingerprint density at radius 1 is 0.905 bits per heavy atom. The van der Waals surface area contributed by atoms with Gasteiger partial charge in [-0.3, -0.25) is 0 Å². The molecule has 0 heterocycles. The molecule has 0 saturated heterocycles. The SMILES string of the molecule is CC1CC(NC2CCC(N)CC2)CC(c2ccccc2)C1. The van der Waals surface area contributed by atoms with E-state index in [4.69, 9.17) is 5.73 Å². The van der Waals surface area contributed by atoms with Crippen LogP contribution >= 0.6 is 0 Å². The van der Waals surface area contributed by atoms with Gasteiger partial charge in [-0.2, -0.15) is 0 Å². The van der Waals surface area contributed by atoms with Crippen LogP contribution in [0.3, 0.4) is 0 Å². The van der Waals surface area contributed by atoms with Gasteiger partial charge in [0.25, 0.3) is 0 Å². The summed E-state index contributed by atoms with van der Waals surface area (Å²) in [6.07, 6.45) is 8.91. The van der Waals surface area contributed by atoms with Crippen molar-refractivity contribution in [2.24, 2.45) is 11.7 Å². The van der Waals surface area contributed by atoms with Gasteiger partial charge in [-0.1, -0.05) is 37.3 Å². The van der Waals surface area contributed by atoms with Crippen molar-refractivity contribution in [2.45, 2.75) is 75.9 Å². The molecular formula is C19H30N2. The first-order chi connectivity index (χ1) is 10.2. The monoisotopic (exact) mass is 286 g/mol. The molecule has 21 heavy (non-hydrogen) atoms. The third-order valence-electron chi connectivity index (χ3n) is 5.46. The number of benzene rings is 1. The van der Waals surface area contributed by atoms with Gasteiger partial charge in [0.1, 0.15) is 0 Å². The van der Waals surface area contributed by atoms with Crippen LogP contribution in [0.25, 0.3) is 0 Å². The van der Waals surface area contributed by atoms with Gasteiger partial charge in [0.15, 0.2) is 0 Å².